The number of halogens is 4. The van der Waals surface area contributed by atoms with E-state index in [0.29, 0.717) is 16.8 Å². The lowest BCUT2D eigenvalue weighted by Gasteiger charge is -2.22. The van der Waals surface area contributed by atoms with Crippen molar-refractivity contribution in [2.45, 2.75) is 19.4 Å². The molecule has 29 heavy (non-hydrogen) atoms. The predicted molar refractivity (Wildman–Crippen MR) is 103 cm³/mol. The maximum Gasteiger partial charge on any atom is 0.306 e. The normalized spacial score (nSPS) is 10.9. The molecule has 0 N–H and O–H groups in total. The fourth-order valence-electron chi connectivity index (χ4n) is 2.62. The van der Waals surface area contributed by atoms with E-state index in [9.17, 15) is 22.8 Å². The summed E-state index contributed by atoms with van der Waals surface area (Å²) in [6.07, 6.45) is -0.273. The fraction of sp³-hybridized carbons (Fsp3) is 0.211. The molecule has 5 nitrogen and oxygen atoms in total. The van der Waals surface area contributed by atoms with E-state index >= 15 is 0 Å². The van der Waals surface area contributed by atoms with E-state index in [4.69, 9.17) is 11.6 Å². The SMILES string of the molecule is COC(=O)CCC(=O)N(Cc1nc2c(F)c(F)cc(F)c2s1)c1ccc(Cl)cc1. The molecule has 0 atom stereocenters. The minimum Gasteiger partial charge on any atom is -0.469 e. The number of benzene rings is 2. The van der Waals surface area contributed by atoms with E-state index in [1.165, 1.54) is 12.0 Å². The van der Waals surface area contributed by atoms with Crippen LogP contribution >= 0.6 is 22.9 Å². The molecule has 0 unspecified atom stereocenters. The quantitative estimate of drug-likeness (QED) is 0.404. The third kappa shape index (κ3) is 4.68. The number of nitrogens with zero attached hydrogens (tertiary/aromatic N) is 2. The Morgan fingerprint density at radius 1 is 1.14 bits per heavy atom. The van der Waals surface area contributed by atoms with Gasteiger partial charge in [0.25, 0.3) is 0 Å². The third-order valence-electron chi connectivity index (χ3n) is 4.06. The Kier molecular flexibility index (Phi) is 6.39. The number of rotatable bonds is 6. The van der Waals surface area contributed by atoms with Gasteiger partial charge in [-0.25, -0.2) is 18.2 Å². The summed E-state index contributed by atoms with van der Waals surface area (Å²) in [4.78, 5) is 29.3. The maximum atomic E-state index is 14.0. The van der Waals surface area contributed by atoms with Gasteiger partial charge < -0.3 is 9.64 Å². The Balaban J connectivity index is 1.94. The van der Waals surface area contributed by atoms with Gasteiger partial charge in [0.05, 0.1) is 24.8 Å². The molecule has 0 aliphatic heterocycles. The Morgan fingerprint density at radius 3 is 2.48 bits per heavy atom. The van der Waals surface area contributed by atoms with Gasteiger partial charge in [-0.2, -0.15) is 0 Å². The second kappa shape index (κ2) is 8.79. The van der Waals surface area contributed by atoms with Crippen molar-refractivity contribution in [1.29, 1.82) is 0 Å². The average Bonchev–Trinajstić information content (AvgIpc) is 3.14. The molecule has 0 radical (unpaired) electrons. The Bertz CT molecular complexity index is 1070. The first-order valence-electron chi connectivity index (χ1n) is 8.35. The van der Waals surface area contributed by atoms with E-state index < -0.39 is 34.8 Å². The standard InChI is InChI=1S/C19H14ClF3N2O3S/c1-28-16(27)7-6-15(26)25(11-4-2-10(20)3-5-11)9-14-24-18-17(23)12(21)8-13(22)19(18)29-14/h2-5,8H,6-7,9H2,1H3. The molecule has 0 saturated heterocycles. The summed E-state index contributed by atoms with van der Waals surface area (Å²) in [5.74, 6) is -4.50. The van der Waals surface area contributed by atoms with Gasteiger partial charge in [-0.3, -0.25) is 9.59 Å². The van der Waals surface area contributed by atoms with Crippen molar-refractivity contribution >= 4 is 50.7 Å². The van der Waals surface area contributed by atoms with Crippen molar-refractivity contribution in [1.82, 2.24) is 4.98 Å². The number of hydrogen-bond donors (Lipinski definition) is 0. The highest BCUT2D eigenvalue weighted by molar-refractivity contribution is 7.18. The highest BCUT2D eigenvalue weighted by Gasteiger charge is 2.22. The molecule has 0 spiro atoms. The summed E-state index contributed by atoms with van der Waals surface area (Å²) in [7, 11) is 1.22. The van der Waals surface area contributed by atoms with Crippen molar-refractivity contribution in [3.05, 3.63) is 57.8 Å². The topological polar surface area (TPSA) is 59.5 Å². The number of hydrogen-bond acceptors (Lipinski definition) is 5. The zero-order chi connectivity index (χ0) is 21.1. The molecule has 1 aromatic heterocycles. The number of ether oxygens (including phenoxy) is 1. The third-order valence-corrected chi connectivity index (χ3v) is 5.36. The Morgan fingerprint density at radius 2 is 1.83 bits per heavy atom. The van der Waals surface area contributed by atoms with E-state index in [-0.39, 0.29) is 29.1 Å². The largest absolute Gasteiger partial charge is 0.469 e. The summed E-state index contributed by atoms with van der Waals surface area (Å²) in [5, 5.41) is 0.653. The zero-order valence-electron chi connectivity index (χ0n) is 15.0. The number of thiazole rings is 1. The maximum absolute atomic E-state index is 14.0. The van der Waals surface area contributed by atoms with Crippen LogP contribution < -0.4 is 4.90 Å². The van der Waals surface area contributed by atoms with E-state index in [1.807, 2.05) is 0 Å². The van der Waals surface area contributed by atoms with Crippen LogP contribution in [0.1, 0.15) is 17.8 Å². The molecule has 0 aliphatic carbocycles. The van der Waals surface area contributed by atoms with Gasteiger partial charge >= 0.3 is 5.97 Å². The molecule has 0 fully saturated rings. The van der Waals surface area contributed by atoms with Crippen molar-refractivity contribution in [2.24, 2.45) is 0 Å². The van der Waals surface area contributed by atoms with Gasteiger partial charge in [-0.1, -0.05) is 11.6 Å². The number of amides is 1. The van der Waals surface area contributed by atoms with Gasteiger partial charge in [-0.05, 0) is 24.3 Å². The summed E-state index contributed by atoms with van der Waals surface area (Å²) < 4.78 is 45.8. The van der Waals surface area contributed by atoms with Crippen LogP contribution in [0.3, 0.4) is 0 Å². The molecule has 0 bridgehead atoms. The molecular formula is C19H14ClF3N2O3S. The van der Waals surface area contributed by atoms with Crippen molar-refractivity contribution in [3.63, 3.8) is 0 Å². The Hall–Kier alpha value is -2.65. The first-order valence-corrected chi connectivity index (χ1v) is 9.55. The molecule has 1 amide bonds. The lowest BCUT2D eigenvalue weighted by molar-refractivity contribution is -0.141. The fourth-order valence-corrected chi connectivity index (χ4v) is 3.70. The van der Waals surface area contributed by atoms with Crippen LogP contribution in [-0.2, 0) is 20.9 Å². The van der Waals surface area contributed by atoms with Gasteiger partial charge in [0.2, 0.25) is 5.91 Å². The summed E-state index contributed by atoms with van der Waals surface area (Å²) in [6.45, 7) is -0.124. The van der Waals surface area contributed by atoms with E-state index in [1.54, 1.807) is 24.3 Å². The van der Waals surface area contributed by atoms with Gasteiger partial charge in [0.1, 0.15) is 16.3 Å². The number of carbonyl (C=O) groups excluding carboxylic acids is 2. The minimum atomic E-state index is -1.34. The van der Waals surface area contributed by atoms with Crippen LogP contribution in [0.15, 0.2) is 30.3 Å². The second-order valence-corrected chi connectivity index (χ2v) is 7.49. The Labute approximate surface area is 172 Å². The average molecular weight is 443 g/mol. The number of fused-ring (bicyclic) bond motifs is 1. The summed E-state index contributed by atoms with van der Waals surface area (Å²) >= 11 is 6.70. The van der Waals surface area contributed by atoms with E-state index in [0.717, 1.165) is 11.3 Å². The molecule has 3 rings (SSSR count). The highest BCUT2D eigenvalue weighted by atomic mass is 35.5. The van der Waals surface area contributed by atoms with Crippen molar-refractivity contribution in [3.8, 4) is 0 Å². The zero-order valence-corrected chi connectivity index (χ0v) is 16.6. The predicted octanol–water partition coefficient (Wildman–Crippen LogP) is 4.85. The molecule has 10 heteroatoms. The monoisotopic (exact) mass is 442 g/mol. The van der Waals surface area contributed by atoms with Crippen LogP contribution in [0.2, 0.25) is 5.02 Å². The summed E-state index contributed by atoms with van der Waals surface area (Å²) in [5.41, 5.74) is 0.0243. The smallest absolute Gasteiger partial charge is 0.306 e. The second-order valence-electron chi connectivity index (χ2n) is 5.97. The number of methoxy groups -OCH3 is 1. The molecule has 2 aromatic carbocycles. The first kappa shape index (κ1) is 21.1. The van der Waals surface area contributed by atoms with Crippen molar-refractivity contribution in [2.75, 3.05) is 12.0 Å². The number of anilines is 1. The molecule has 0 aliphatic rings. The van der Waals surface area contributed by atoms with E-state index in [2.05, 4.69) is 9.72 Å². The van der Waals surface area contributed by atoms with Gasteiger partial charge in [0, 0.05) is 23.2 Å². The van der Waals surface area contributed by atoms with Gasteiger partial charge in [0.15, 0.2) is 11.6 Å². The van der Waals surface area contributed by atoms with Crippen LogP contribution in [0, 0.1) is 17.5 Å². The molecule has 152 valence electrons. The van der Waals surface area contributed by atoms with Crippen LogP contribution in [0.25, 0.3) is 10.2 Å². The number of esters is 1. The molecule has 3 aromatic rings. The van der Waals surface area contributed by atoms with Gasteiger partial charge in [-0.15, -0.1) is 11.3 Å². The van der Waals surface area contributed by atoms with Crippen LogP contribution in [-0.4, -0.2) is 24.0 Å². The molecule has 1 heterocycles. The van der Waals surface area contributed by atoms with Crippen molar-refractivity contribution < 1.29 is 27.5 Å². The first-order chi connectivity index (χ1) is 13.8. The highest BCUT2D eigenvalue weighted by Crippen LogP contribution is 2.31. The molecular weight excluding hydrogens is 429 g/mol. The lowest BCUT2D eigenvalue weighted by Crippen LogP contribution is -2.30. The lowest BCUT2D eigenvalue weighted by atomic mass is 10.2. The van der Waals surface area contributed by atoms with Crippen LogP contribution in [0.5, 0.6) is 0 Å². The summed E-state index contributed by atoms with van der Waals surface area (Å²) in [6, 6.07) is 6.78. The van der Waals surface area contributed by atoms with Crippen LogP contribution in [0.4, 0.5) is 18.9 Å². The molecule has 0 saturated carbocycles. The minimum absolute atomic E-state index is 0.124. The number of aromatic nitrogens is 1. The number of carbonyl (C=O) groups is 2.